The molecule has 0 aliphatic carbocycles. The molecule has 3 aliphatic rings. The number of allylic oxidation sites excluding steroid dienone is 8. The van der Waals surface area contributed by atoms with E-state index in [1.165, 1.54) is 151 Å². The summed E-state index contributed by atoms with van der Waals surface area (Å²) in [4.78, 5) is 23.6. The molecule has 5 unspecified atom stereocenters. The lowest BCUT2D eigenvalue weighted by molar-refractivity contribution is -0.870. The summed E-state index contributed by atoms with van der Waals surface area (Å²) in [6, 6.07) is 26.1. The van der Waals surface area contributed by atoms with Crippen molar-refractivity contribution in [3.63, 3.8) is 0 Å². The fraction of sp³-hybridized carbons (Fsp3) is 0.642. The average Bonchev–Trinajstić information content (AvgIpc) is 1.54. The lowest BCUT2D eigenvalue weighted by Crippen LogP contribution is -2.57. The van der Waals surface area contributed by atoms with Crippen molar-refractivity contribution in [1.29, 1.82) is 0 Å². The lowest BCUT2D eigenvalue weighted by Gasteiger charge is -2.43. The van der Waals surface area contributed by atoms with E-state index in [-0.39, 0.29) is 13.2 Å². The Balaban J connectivity index is 1.23. The molecule has 4 aromatic rings. The van der Waals surface area contributed by atoms with Crippen LogP contribution in [0, 0.1) is 0 Å². The molecule has 7 rings (SSSR count). The van der Waals surface area contributed by atoms with Gasteiger partial charge < -0.3 is 18.8 Å². The van der Waals surface area contributed by atoms with Gasteiger partial charge in [0.25, 0.3) is 6.23 Å². The van der Waals surface area contributed by atoms with Gasteiger partial charge in [-0.05, 0) is 93.1 Å². The Morgan fingerprint density at radius 3 is 1.53 bits per heavy atom. The van der Waals surface area contributed by atoms with Crippen LogP contribution in [-0.4, -0.2) is 117 Å². The van der Waals surface area contributed by atoms with Gasteiger partial charge in [-0.3, -0.25) is 9.05 Å². The van der Waals surface area contributed by atoms with Crippen LogP contribution in [0.3, 0.4) is 0 Å². The van der Waals surface area contributed by atoms with E-state index in [1.807, 2.05) is 21.1 Å². The van der Waals surface area contributed by atoms with E-state index in [9.17, 15) is 18.9 Å². The molecule has 2 N–H and O–H groups in total. The lowest BCUT2D eigenvalue weighted by atomic mass is 9.79. The molecule has 0 radical (unpaired) electrons. The van der Waals surface area contributed by atoms with E-state index in [2.05, 4.69) is 176 Å². The summed E-state index contributed by atoms with van der Waals surface area (Å²) in [5.74, 6) is 0. The van der Waals surface area contributed by atoms with Gasteiger partial charge in [-0.15, -0.1) is 0 Å². The third-order valence-corrected chi connectivity index (χ3v) is 22.6. The van der Waals surface area contributed by atoms with Gasteiger partial charge in [0.1, 0.15) is 37.7 Å². The molecule has 12 nitrogen and oxygen atoms in total. The first kappa shape index (κ1) is 78.5. The molecular weight excluding hydrogens is 1220 g/mol. The minimum absolute atomic E-state index is 0.0912. The van der Waals surface area contributed by atoms with Gasteiger partial charge in [0.2, 0.25) is 11.9 Å². The molecule has 0 amide bonds. The number of phosphoric acid groups is 2. The molecule has 528 valence electrons. The largest absolute Gasteiger partial charge is 0.477 e. The van der Waals surface area contributed by atoms with Gasteiger partial charge in [-0.25, -0.2) is 22.7 Å². The van der Waals surface area contributed by atoms with E-state index < -0.39 is 38.9 Å². The van der Waals surface area contributed by atoms with Gasteiger partial charge in [-0.1, -0.05) is 253 Å². The Morgan fingerprint density at radius 1 is 0.537 bits per heavy atom. The van der Waals surface area contributed by atoms with Crippen LogP contribution in [0.5, 0.6) is 0 Å². The zero-order valence-electron chi connectivity index (χ0n) is 61.3. The van der Waals surface area contributed by atoms with Crippen LogP contribution in [0.25, 0.3) is 21.5 Å². The zero-order valence-corrected chi connectivity index (χ0v) is 63.1. The predicted octanol–water partition coefficient (Wildman–Crippen LogP) is 22.1. The maximum absolute atomic E-state index is 14.6. The molecular formula is C81H130N4O8P2+4. The van der Waals surface area contributed by atoms with E-state index >= 15 is 0 Å². The van der Waals surface area contributed by atoms with Crippen molar-refractivity contribution >= 4 is 54.3 Å². The normalized spacial score (nSPS) is 21.8. The minimum atomic E-state index is -4.56. The number of likely N-dealkylation sites (N-methyl/N-ethyl adjacent to an activating group) is 2. The second-order valence-corrected chi connectivity index (χ2v) is 34.0. The van der Waals surface area contributed by atoms with Crippen LogP contribution in [0.15, 0.2) is 121 Å². The topological polar surface area (TPSA) is 115 Å². The van der Waals surface area contributed by atoms with E-state index in [0.717, 1.165) is 103 Å². The Morgan fingerprint density at radius 2 is 0.989 bits per heavy atom. The van der Waals surface area contributed by atoms with E-state index in [1.54, 1.807) is 0 Å². The first-order valence-corrected chi connectivity index (χ1v) is 40.7. The highest BCUT2D eigenvalue weighted by Gasteiger charge is 2.59. The molecule has 0 saturated carbocycles. The smallest absolute Gasteiger partial charge is 0.329 e. The van der Waals surface area contributed by atoms with Crippen LogP contribution in [0.4, 0.5) is 11.4 Å². The molecule has 3 heterocycles. The van der Waals surface area contributed by atoms with E-state index in [0.29, 0.717) is 39.4 Å². The molecule has 3 aliphatic heterocycles. The summed E-state index contributed by atoms with van der Waals surface area (Å²) in [6.45, 7) is 13.5. The number of quaternary nitrogens is 3. The molecule has 1 saturated heterocycles. The van der Waals surface area contributed by atoms with Crippen LogP contribution >= 0.6 is 15.6 Å². The highest BCUT2D eigenvalue weighted by atomic mass is 31.2. The summed E-state index contributed by atoms with van der Waals surface area (Å²) < 4.78 is 57.6. The second-order valence-electron chi connectivity index (χ2n) is 31.2. The molecule has 0 bridgehead atoms. The van der Waals surface area contributed by atoms with Gasteiger partial charge in [0, 0.05) is 42.2 Å². The highest BCUT2D eigenvalue weighted by molar-refractivity contribution is 7.47. The number of unbranched alkanes of at least 4 members (excludes halogenated alkanes) is 14. The summed E-state index contributed by atoms with van der Waals surface area (Å²) in [5, 5.41) is 4.65. The van der Waals surface area contributed by atoms with Gasteiger partial charge >= 0.3 is 15.6 Å². The standard InChI is InChI=1S/C81H128N4O8P2/c1-12-13-14-15-16-17-18-19-21-24-27-30-33-39-44-57-76(92-94(86,87)90-66-64-83(6,7)8)82-72-61-59-68-51-46-48-53-70(68)78(72)80(2,3)74(82)55-42-37-36-38-43-56-75-81(4,5)79-71-54-49-47-52-69(71)60-62-73(79)85(75)63-50-41-35-32-29-26-23-20-22-25-28-31-34-40-45-58-77(85)93-95(88,89)91-67-65-84(9,10)11/h36-38,42-43,46-49,51-56,59-62,76-77H,12-35,39-41,44-45,50,57-58,63-67H2,1-11H3/q+2/p+2/b37-36+,43-38+,55-42+,75-56+. The van der Waals surface area contributed by atoms with Gasteiger partial charge in [0.05, 0.1) is 59.7 Å². The van der Waals surface area contributed by atoms with Crippen molar-refractivity contribution in [2.45, 2.75) is 263 Å². The third-order valence-electron chi connectivity index (χ3n) is 20.5. The third kappa shape index (κ3) is 23.6. The van der Waals surface area contributed by atoms with Crippen molar-refractivity contribution in [3.05, 3.63) is 132 Å². The number of rotatable bonds is 33. The number of benzene rings is 4. The summed E-state index contributed by atoms with van der Waals surface area (Å²) in [5.41, 5.74) is 5.61. The summed E-state index contributed by atoms with van der Waals surface area (Å²) in [7, 11) is 3.24. The van der Waals surface area contributed by atoms with Crippen molar-refractivity contribution in [1.82, 2.24) is 4.48 Å². The Labute approximate surface area is 576 Å². The zero-order chi connectivity index (χ0) is 68.4. The monoisotopic (exact) mass is 1350 g/mol. The van der Waals surface area contributed by atoms with Gasteiger partial charge in [-0.2, -0.15) is 4.58 Å². The SMILES string of the molecule is CCCCCCCCCCCCCCCCCC(OP(=O)(O)OCC[N+](C)(C)C)[N+]1=C(/C=C/C=C/C=C/C=C2\C(C)(C)c3c(ccc4ccccc34)[N+]23CCCCCCCCCCCCCCCCCC3OP(=O)(O)OCC[N+](C)(C)C)C(C)(C)c2c1ccc1ccccc21. The van der Waals surface area contributed by atoms with Crippen LogP contribution in [-0.2, 0) is 38.1 Å². The quantitative estimate of drug-likeness (QED) is 0.0159. The Bertz CT molecular complexity index is 3260. The number of fused-ring (bicyclic) bond motifs is 7. The maximum atomic E-state index is 14.6. The average molecular weight is 1350 g/mol. The fourth-order valence-electron chi connectivity index (χ4n) is 15.3. The first-order chi connectivity index (χ1) is 45.4. The van der Waals surface area contributed by atoms with Gasteiger partial charge in [0.15, 0.2) is 5.71 Å². The molecule has 95 heavy (non-hydrogen) atoms. The van der Waals surface area contributed by atoms with Crippen LogP contribution < -0.4 is 4.48 Å². The van der Waals surface area contributed by atoms with Crippen molar-refractivity contribution < 1.29 is 50.6 Å². The van der Waals surface area contributed by atoms with Crippen LogP contribution in [0.2, 0.25) is 0 Å². The molecule has 0 aromatic heterocycles. The minimum Gasteiger partial charge on any atom is -0.329 e. The molecule has 5 atom stereocenters. The number of hydrogen-bond acceptors (Lipinski definition) is 6. The van der Waals surface area contributed by atoms with Crippen molar-refractivity contribution in [3.8, 4) is 0 Å². The van der Waals surface area contributed by atoms with Crippen LogP contribution in [0.1, 0.15) is 251 Å². The highest BCUT2D eigenvalue weighted by Crippen LogP contribution is 2.60. The molecule has 14 heteroatoms. The van der Waals surface area contributed by atoms with E-state index in [4.69, 9.17) is 18.1 Å². The first-order valence-electron chi connectivity index (χ1n) is 37.7. The maximum Gasteiger partial charge on any atom is 0.477 e. The summed E-state index contributed by atoms with van der Waals surface area (Å²) >= 11 is 0. The Kier molecular flexibility index (Phi) is 31.5. The molecule has 1 fully saturated rings. The predicted molar refractivity (Wildman–Crippen MR) is 402 cm³/mol. The number of phosphoric ester groups is 2. The molecule has 4 aromatic carbocycles. The molecule has 1 spiro atoms. The fourth-order valence-corrected chi connectivity index (χ4v) is 17.1. The van der Waals surface area contributed by atoms with Crippen molar-refractivity contribution in [2.24, 2.45) is 0 Å². The summed E-state index contributed by atoms with van der Waals surface area (Å²) in [6.07, 6.45) is 51.2. The Hall–Kier alpha value is -3.87. The second kappa shape index (κ2) is 38.1. The van der Waals surface area contributed by atoms with Crippen molar-refractivity contribution in [2.75, 3.05) is 75.1 Å². The number of hydrogen-bond donors (Lipinski definition) is 2. The number of nitrogens with zero attached hydrogens (tertiary/aromatic N) is 4.